The van der Waals surface area contributed by atoms with Gasteiger partial charge in [0.1, 0.15) is 5.60 Å². The first-order valence-corrected chi connectivity index (χ1v) is 9.45. The van der Waals surface area contributed by atoms with Crippen molar-refractivity contribution in [3.05, 3.63) is 34.9 Å². The number of hydrogen-bond donors (Lipinski definition) is 2. The molecule has 0 bridgehead atoms. The fraction of sp³-hybridized carbons (Fsp3) is 0.579. The van der Waals surface area contributed by atoms with Gasteiger partial charge >= 0.3 is 0 Å². The number of β-amino-alcohol motifs (C(OH)–C–C–N with tert-alkyl or cyclic N) is 1. The van der Waals surface area contributed by atoms with Gasteiger partial charge in [-0.1, -0.05) is 0 Å². The maximum Gasteiger partial charge on any atom is 0.261 e. The van der Waals surface area contributed by atoms with E-state index >= 15 is 0 Å². The van der Waals surface area contributed by atoms with Gasteiger partial charge in [0.25, 0.3) is 5.56 Å². The molecule has 4 rings (SSSR count). The van der Waals surface area contributed by atoms with E-state index in [1.54, 1.807) is 0 Å². The zero-order valence-corrected chi connectivity index (χ0v) is 15.4. The van der Waals surface area contributed by atoms with Crippen molar-refractivity contribution in [1.29, 1.82) is 0 Å². The molecule has 0 aliphatic carbocycles. The molecule has 1 unspecified atom stereocenters. The lowest BCUT2D eigenvalue weighted by molar-refractivity contribution is -0.00557. The van der Waals surface area contributed by atoms with Gasteiger partial charge in [-0.15, -0.1) is 0 Å². The standard InChI is InChI=1S/C19H26N4O4/c24-9-8-23-14-20-17-11-15(1-2-16(17)18(23)25)22-6-4-21(5-7-22)12-19(26)3-10-27-13-19/h1-2,11,14,24,26H,3-10,12-13H2. The number of ether oxygens (including phenoxy) is 1. The molecule has 1 aromatic heterocycles. The van der Waals surface area contributed by atoms with Crippen LogP contribution in [-0.4, -0.2) is 82.8 Å². The molecule has 0 radical (unpaired) electrons. The summed E-state index contributed by atoms with van der Waals surface area (Å²) in [7, 11) is 0. The fourth-order valence-corrected chi connectivity index (χ4v) is 3.91. The summed E-state index contributed by atoms with van der Waals surface area (Å²) in [4.78, 5) is 21.4. The van der Waals surface area contributed by atoms with Gasteiger partial charge in [-0.25, -0.2) is 4.98 Å². The van der Waals surface area contributed by atoms with E-state index in [1.165, 1.54) is 10.9 Å². The van der Waals surface area contributed by atoms with Gasteiger partial charge in [0.05, 0.1) is 37.0 Å². The highest BCUT2D eigenvalue weighted by Crippen LogP contribution is 2.23. The number of aliphatic hydroxyl groups is 2. The Labute approximate surface area is 157 Å². The molecule has 1 atom stereocenters. The molecule has 0 amide bonds. The Bertz CT molecular complexity index is 854. The van der Waals surface area contributed by atoms with E-state index in [4.69, 9.17) is 9.84 Å². The number of rotatable bonds is 5. The minimum absolute atomic E-state index is 0.0866. The van der Waals surface area contributed by atoms with Gasteiger partial charge in [-0.05, 0) is 18.2 Å². The van der Waals surface area contributed by atoms with Crippen LogP contribution in [0.15, 0.2) is 29.3 Å². The molecule has 2 aliphatic rings. The summed E-state index contributed by atoms with van der Waals surface area (Å²) in [6, 6.07) is 5.73. The van der Waals surface area contributed by atoms with Crippen molar-refractivity contribution in [2.45, 2.75) is 18.6 Å². The van der Waals surface area contributed by atoms with Crippen LogP contribution in [-0.2, 0) is 11.3 Å². The summed E-state index contributed by atoms with van der Waals surface area (Å²) < 4.78 is 6.76. The average molecular weight is 374 g/mol. The predicted molar refractivity (Wildman–Crippen MR) is 102 cm³/mol. The Morgan fingerprint density at radius 2 is 2.04 bits per heavy atom. The molecule has 2 N–H and O–H groups in total. The average Bonchev–Trinajstić information content (AvgIpc) is 3.10. The summed E-state index contributed by atoms with van der Waals surface area (Å²) in [6.07, 6.45) is 2.20. The summed E-state index contributed by atoms with van der Waals surface area (Å²) >= 11 is 0. The number of benzene rings is 1. The van der Waals surface area contributed by atoms with Crippen molar-refractivity contribution in [3.8, 4) is 0 Å². The maximum absolute atomic E-state index is 12.4. The first kappa shape index (κ1) is 18.4. The molecule has 2 aliphatic heterocycles. The third-order valence-electron chi connectivity index (χ3n) is 5.49. The van der Waals surface area contributed by atoms with Crippen molar-refractivity contribution in [1.82, 2.24) is 14.5 Å². The largest absolute Gasteiger partial charge is 0.395 e. The van der Waals surface area contributed by atoms with E-state index in [2.05, 4.69) is 14.8 Å². The molecule has 8 nitrogen and oxygen atoms in total. The molecule has 2 fully saturated rings. The lowest BCUT2D eigenvalue weighted by Crippen LogP contribution is -2.52. The third-order valence-corrected chi connectivity index (χ3v) is 5.49. The number of piperazine rings is 1. The maximum atomic E-state index is 12.4. The van der Waals surface area contributed by atoms with Gasteiger partial charge < -0.3 is 19.8 Å². The van der Waals surface area contributed by atoms with Crippen LogP contribution in [0.25, 0.3) is 10.9 Å². The quantitative estimate of drug-likeness (QED) is 0.740. The van der Waals surface area contributed by atoms with Gasteiger partial charge in [-0.3, -0.25) is 14.3 Å². The SMILES string of the molecule is O=c1c2ccc(N3CCN(CC4(O)CCOC4)CC3)cc2ncn1CCO. The first-order chi connectivity index (χ1) is 13.1. The summed E-state index contributed by atoms with van der Waals surface area (Å²) in [5, 5.41) is 20.1. The van der Waals surface area contributed by atoms with Crippen LogP contribution in [0.1, 0.15) is 6.42 Å². The third kappa shape index (κ3) is 3.84. The Kier molecular flexibility index (Phi) is 5.14. The number of anilines is 1. The van der Waals surface area contributed by atoms with E-state index in [9.17, 15) is 9.90 Å². The van der Waals surface area contributed by atoms with Gasteiger partial charge in [0.2, 0.25) is 0 Å². The molecule has 2 aromatic rings. The highest BCUT2D eigenvalue weighted by Gasteiger charge is 2.35. The molecule has 2 saturated heterocycles. The second-order valence-electron chi connectivity index (χ2n) is 7.46. The molecule has 0 saturated carbocycles. The van der Waals surface area contributed by atoms with Crippen molar-refractivity contribution in [2.24, 2.45) is 0 Å². The summed E-state index contributed by atoms with van der Waals surface area (Å²) in [6.45, 7) is 5.38. The normalized spacial score (nSPS) is 24.0. The molecule has 8 heteroatoms. The van der Waals surface area contributed by atoms with E-state index in [-0.39, 0.29) is 18.7 Å². The topological polar surface area (TPSA) is 91.1 Å². The molecular weight excluding hydrogens is 348 g/mol. The Balaban J connectivity index is 1.44. The second kappa shape index (κ2) is 7.55. The van der Waals surface area contributed by atoms with Crippen molar-refractivity contribution < 1.29 is 14.9 Å². The van der Waals surface area contributed by atoms with E-state index < -0.39 is 5.60 Å². The smallest absolute Gasteiger partial charge is 0.261 e. The second-order valence-corrected chi connectivity index (χ2v) is 7.46. The predicted octanol–water partition coefficient (Wildman–Crippen LogP) is -0.338. The van der Waals surface area contributed by atoms with Crippen LogP contribution >= 0.6 is 0 Å². The van der Waals surface area contributed by atoms with Crippen LogP contribution in [0.5, 0.6) is 0 Å². The Morgan fingerprint density at radius 3 is 2.74 bits per heavy atom. The fourth-order valence-electron chi connectivity index (χ4n) is 3.91. The van der Waals surface area contributed by atoms with Crippen LogP contribution in [0.2, 0.25) is 0 Å². The van der Waals surface area contributed by atoms with Gasteiger partial charge in [0, 0.05) is 51.4 Å². The Hall–Kier alpha value is -2.00. The van der Waals surface area contributed by atoms with Crippen molar-refractivity contribution in [2.75, 3.05) is 57.4 Å². The highest BCUT2D eigenvalue weighted by atomic mass is 16.5. The Morgan fingerprint density at radius 1 is 1.22 bits per heavy atom. The van der Waals surface area contributed by atoms with Gasteiger partial charge in [0.15, 0.2) is 0 Å². The first-order valence-electron chi connectivity index (χ1n) is 9.45. The van der Waals surface area contributed by atoms with Crippen LogP contribution < -0.4 is 10.5 Å². The van der Waals surface area contributed by atoms with Crippen LogP contribution in [0.3, 0.4) is 0 Å². The highest BCUT2D eigenvalue weighted by molar-refractivity contribution is 5.81. The lowest BCUT2D eigenvalue weighted by Gasteiger charge is -2.38. The number of aromatic nitrogens is 2. The number of fused-ring (bicyclic) bond motifs is 1. The molecule has 146 valence electrons. The monoisotopic (exact) mass is 374 g/mol. The van der Waals surface area contributed by atoms with Crippen molar-refractivity contribution >= 4 is 16.6 Å². The molecule has 27 heavy (non-hydrogen) atoms. The zero-order chi connectivity index (χ0) is 18.9. The molecule has 0 spiro atoms. The number of hydrogen-bond acceptors (Lipinski definition) is 7. The van der Waals surface area contributed by atoms with E-state index in [0.29, 0.717) is 37.1 Å². The van der Waals surface area contributed by atoms with Crippen LogP contribution in [0, 0.1) is 0 Å². The van der Waals surface area contributed by atoms with E-state index in [1.807, 2.05) is 18.2 Å². The minimum Gasteiger partial charge on any atom is -0.395 e. The summed E-state index contributed by atoms with van der Waals surface area (Å²) in [5.41, 5.74) is 0.893. The zero-order valence-electron chi connectivity index (χ0n) is 15.4. The minimum atomic E-state index is -0.705. The number of nitrogens with zero attached hydrogens (tertiary/aromatic N) is 4. The van der Waals surface area contributed by atoms with Gasteiger partial charge in [-0.2, -0.15) is 0 Å². The number of aliphatic hydroxyl groups excluding tert-OH is 1. The molecular formula is C19H26N4O4. The lowest BCUT2D eigenvalue weighted by atomic mass is 10.0. The molecule has 3 heterocycles. The molecule has 1 aromatic carbocycles. The van der Waals surface area contributed by atoms with Crippen LogP contribution in [0.4, 0.5) is 5.69 Å². The van der Waals surface area contributed by atoms with E-state index in [0.717, 1.165) is 31.9 Å². The summed E-state index contributed by atoms with van der Waals surface area (Å²) in [5.74, 6) is 0. The van der Waals surface area contributed by atoms with Crippen molar-refractivity contribution in [3.63, 3.8) is 0 Å².